The van der Waals surface area contributed by atoms with Crippen molar-refractivity contribution < 1.29 is 9.53 Å². The minimum absolute atomic E-state index is 0.168. The molecule has 1 unspecified atom stereocenters. The molecule has 22 heavy (non-hydrogen) atoms. The number of hydrogen-bond acceptors (Lipinski definition) is 3. The maximum atomic E-state index is 12.3. The summed E-state index contributed by atoms with van der Waals surface area (Å²) in [5.41, 5.74) is 2.66. The molecule has 0 bridgehead atoms. The Hall–Kier alpha value is -2.17. The molecule has 0 aromatic heterocycles. The maximum absolute atomic E-state index is 12.3. The molecule has 1 heterocycles. The third kappa shape index (κ3) is 2.75. The van der Waals surface area contributed by atoms with E-state index in [4.69, 9.17) is 16.3 Å². The smallest absolute Gasteiger partial charge is 0.270 e. The average molecular weight is 315 g/mol. The van der Waals surface area contributed by atoms with Crippen molar-refractivity contribution >= 4 is 29.4 Å². The fraction of sp³-hybridized carbons (Fsp3) is 0.176. The first-order chi connectivity index (χ1) is 10.7. The summed E-state index contributed by atoms with van der Waals surface area (Å²) in [6.45, 7) is 0.168. The van der Waals surface area contributed by atoms with E-state index in [2.05, 4.69) is 4.99 Å². The largest absolute Gasteiger partial charge is 0.364 e. The highest BCUT2D eigenvalue weighted by atomic mass is 35.5. The normalized spacial score (nSPS) is 17.3. The molecule has 5 heteroatoms. The second-order valence-corrected chi connectivity index (χ2v) is 5.42. The molecular weight excluding hydrogens is 300 g/mol. The average Bonchev–Trinajstić information content (AvgIpc) is 2.66. The lowest BCUT2D eigenvalue weighted by Crippen LogP contribution is -2.33. The van der Waals surface area contributed by atoms with Crippen molar-refractivity contribution in [2.45, 2.75) is 6.04 Å². The fourth-order valence-corrected chi connectivity index (χ4v) is 2.74. The van der Waals surface area contributed by atoms with Crippen LogP contribution in [0.4, 0.5) is 5.69 Å². The third-order valence-corrected chi connectivity index (χ3v) is 3.78. The van der Waals surface area contributed by atoms with Gasteiger partial charge in [-0.25, -0.2) is 0 Å². The molecule has 4 nitrogen and oxygen atoms in total. The molecular formula is C17H15ClN2O2. The number of hydrogen-bond donors (Lipinski definition) is 0. The summed E-state index contributed by atoms with van der Waals surface area (Å²) < 4.78 is 5.15. The number of carbonyl (C=O) groups is 1. The van der Waals surface area contributed by atoms with E-state index >= 15 is 0 Å². The van der Waals surface area contributed by atoms with Crippen LogP contribution in [-0.2, 0) is 9.53 Å². The van der Waals surface area contributed by atoms with Crippen LogP contribution in [0, 0.1) is 0 Å². The molecule has 1 aliphatic rings. The molecule has 112 valence electrons. The molecule has 0 aliphatic carbocycles. The number of nitrogens with zero attached hydrogens (tertiary/aromatic N) is 2. The first-order valence-corrected chi connectivity index (χ1v) is 7.26. The number of anilines is 1. The second kappa shape index (κ2) is 6.30. The van der Waals surface area contributed by atoms with Crippen molar-refractivity contribution in [2.24, 2.45) is 4.99 Å². The van der Waals surface area contributed by atoms with E-state index in [-0.39, 0.29) is 18.7 Å². The van der Waals surface area contributed by atoms with Gasteiger partial charge in [-0.2, -0.15) is 0 Å². The van der Waals surface area contributed by atoms with Crippen LogP contribution in [0.1, 0.15) is 17.2 Å². The summed E-state index contributed by atoms with van der Waals surface area (Å²) in [4.78, 5) is 18.3. The molecule has 2 aromatic rings. The van der Waals surface area contributed by atoms with Gasteiger partial charge in [0, 0.05) is 17.7 Å². The van der Waals surface area contributed by atoms with Gasteiger partial charge in [0.1, 0.15) is 12.8 Å². The maximum Gasteiger partial charge on any atom is 0.270 e. The number of ether oxygens (including phenoxy) is 1. The summed E-state index contributed by atoms with van der Waals surface area (Å²) in [7, 11) is 1.56. The summed E-state index contributed by atoms with van der Waals surface area (Å²) in [6, 6.07) is 15.0. The van der Waals surface area contributed by atoms with Gasteiger partial charge in [0.25, 0.3) is 5.91 Å². The van der Waals surface area contributed by atoms with Crippen molar-refractivity contribution in [3.63, 3.8) is 0 Å². The van der Waals surface area contributed by atoms with E-state index in [9.17, 15) is 4.79 Å². The Kier molecular flexibility index (Phi) is 4.22. The molecule has 3 rings (SSSR count). The van der Waals surface area contributed by atoms with E-state index in [1.165, 1.54) is 6.21 Å². The number of benzene rings is 2. The zero-order valence-electron chi connectivity index (χ0n) is 12.1. The van der Waals surface area contributed by atoms with Crippen LogP contribution in [-0.4, -0.2) is 26.0 Å². The van der Waals surface area contributed by atoms with Crippen LogP contribution in [0.3, 0.4) is 0 Å². The summed E-state index contributed by atoms with van der Waals surface area (Å²) in [6.07, 6.45) is 1.35. The van der Waals surface area contributed by atoms with Gasteiger partial charge >= 0.3 is 0 Å². The first kappa shape index (κ1) is 14.8. The van der Waals surface area contributed by atoms with Crippen LogP contribution >= 0.6 is 11.6 Å². The molecule has 0 radical (unpaired) electrons. The highest BCUT2D eigenvalue weighted by molar-refractivity contribution is 6.33. The molecule has 1 aliphatic heterocycles. The van der Waals surface area contributed by atoms with Gasteiger partial charge in [-0.3, -0.25) is 14.7 Å². The minimum atomic E-state index is -0.263. The number of halogens is 1. The van der Waals surface area contributed by atoms with Gasteiger partial charge in [0.2, 0.25) is 0 Å². The molecule has 0 N–H and O–H groups in total. The number of aliphatic imine (C=N–C) groups is 1. The van der Waals surface area contributed by atoms with E-state index in [0.29, 0.717) is 5.02 Å². The SMILES string of the molecule is COCN1C(=O)C=NC(c2ccccc2)c2cc(Cl)ccc21. The Morgan fingerprint density at radius 3 is 2.73 bits per heavy atom. The molecule has 0 fully saturated rings. The van der Waals surface area contributed by atoms with Crippen molar-refractivity contribution in [1.29, 1.82) is 0 Å². The van der Waals surface area contributed by atoms with Gasteiger partial charge in [-0.1, -0.05) is 41.9 Å². The van der Waals surface area contributed by atoms with Crippen LogP contribution in [0.2, 0.25) is 5.02 Å². The van der Waals surface area contributed by atoms with E-state index in [0.717, 1.165) is 16.8 Å². The van der Waals surface area contributed by atoms with Gasteiger partial charge in [0.15, 0.2) is 0 Å². The molecule has 2 aromatic carbocycles. The molecule has 0 spiro atoms. The standard InChI is InChI=1S/C17H15ClN2O2/c1-22-11-20-15-8-7-13(18)9-14(15)17(19-10-16(20)21)12-5-3-2-4-6-12/h2-10,17H,11H2,1H3. The van der Waals surface area contributed by atoms with Crippen LogP contribution in [0.25, 0.3) is 0 Å². The highest BCUT2D eigenvalue weighted by Crippen LogP contribution is 2.36. The van der Waals surface area contributed by atoms with Crippen LogP contribution in [0.15, 0.2) is 53.5 Å². The molecule has 1 atom stereocenters. The Morgan fingerprint density at radius 1 is 1.23 bits per heavy atom. The van der Waals surface area contributed by atoms with E-state index in [1.807, 2.05) is 42.5 Å². The minimum Gasteiger partial charge on any atom is -0.364 e. The Bertz CT molecular complexity index is 716. The highest BCUT2D eigenvalue weighted by Gasteiger charge is 2.26. The Morgan fingerprint density at radius 2 is 2.00 bits per heavy atom. The van der Waals surface area contributed by atoms with Crippen LogP contribution in [0.5, 0.6) is 0 Å². The van der Waals surface area contributed by atoms with Crippen molar-refractivity contribution in [3.05, 3.63) is 64.7 Å². The van der Waals surface area contributed by atoms with Crippen molar-refractivity contribution in [2.75, 3.05) is 18.7 Å². The lowest BCUT2D eigenvalue weighted by molar-refractivity contribution is -0.113. The predicted molar refractivity (Wildman–Crippen MR) is 87.6 cm³/mol. The zero-order valence-corrected chi connectivity index (χ0v) is 12.8. The van der Waals surface area contributed by atoms with Gasteiger partial charge < -0.3 is 4.74 Å². The van der Waals surface area contributed by atoms with Gasteiger partial charge in [-0.15, -0.1) is 0 Å². The van der Waals surface area contributed by atoms with E-state index < -0.39 is 0 Å². The third-order valence-electron chi connectivity index (χ3n) is 3.55. The summed E-state index contributed by atoms with van der Waals surface area (Å²) in [5.74, 6) is -0.205. The predicted octanol–water partition coefficient (Wildman–Crippen LogP) is 3.45. The molecule has 0 saturated heterocycles. The lowest BCUT2D eigenvalue weighted by atomic mass is 9.97. The van der Waals surface area contributed by atoms with Crippen LogP contribution < -0.4 is 4.90 Å². The number of methoxy groups -OCH3 is 1. The zero-order chi connectivity index (χ0) is 15.5. The Balaban J connectivity index is 2.17. The molecule has 0 saturated carbocycles. The van der Waals surface area contributed by atoms with Crippen molar-refractivity contribution in [1.82, 2.24) is 0 Å². The fourth-order valence-electron chi connectivity index (χ4n) is 2.56. The monoisotopic (exact) mass is 314 g/mol. The number of carbonyl (C=O) groups excluding carboxylic acids is 1. The summed E-state index contributed by atoms with van der Waals surface area (Å²) in [5, 5.41) is 0.613. The quantitative estimate of drug-likeness (QED) is 0.870. The number of fused-ring (bicyclic) bond motifs is 1. The Labute approximate surface area is 134 Å². The topological polar surface area (TPSA) is 41.9 Å². The summed E-state index contributed by atoms with van der Waals surface area (Å²) >= 11 is 6.16. The first-order valence-electron chi connectivity index (χ1n) is 6.88. The number of amides is 1. The lowest BCUT2D eigenvalue weighted by Gasteiger charge is -2.23. The van der Waals surface area contributed by atoms with Crippen molar-refractivity contribution in [3.8, 4) is 0 Å². The van der Waals surface area contributed by atoms with Gasteiger partial charge in [0.05, 0.1) is 11.9 Å². The number of rotatable bonds is 3. The van der Waals surface area contributed by atoms with Gasteiger partial charge in [-0.05, 0) is 23.8 Å². The second-order valence-electron chi connectivity index (χ2n) is 4.98. The molecule has 1 amide bonds. The van der Waals surface area contributed by atoms with E-state index in [1.54, 1.807) is 18.1 Å².